The molecule has 2 amide bonds. The van der Waals surface area contributed by atoms with Crippen molar-refractivity contribution >= 4 is 35.2 Å². The summed E-state index contributed by atoms with van der Waals surface area (Å²) in [6.45, 7) is 2.64. The van der Waals surface area contributed by atoms with Crippen LogP contribution in [0.25, 0.3) is 0 Å². The number of ether oxygens (including phenoxy) is 2. The molecule has 0 aliphatic carbocycles. The van der Waals surface area contributed by atoms with E-state index in [1.165, 1.54) is 13.2 Å². The third kappa shape index (κ3) is 4.93. The van der Waals surface area contributed by atoms with E-state index in [9.17, 15) is 24.0 Å². The van der Waals surface area contributed by atoms with E-state index in [1.807, 2.05) is 13.8 Å². The SMILES string of the molecule is COC(=O)[C@H](CC(C)C)NC(=O)COC(=O)CN1C(=O)C(=O)c2ccccc21. The molecule has 2 rings (SSSR count). The Morgan fingerprint density at radius 3 is 2.46 bits per heavy atom. The van der Waals surface area contributed by atoms with E-state index in [4.69, 9.17) is 4.74 Å². The highest BCUT2D eigenvalue weighted by atomic mass is 16.5. The molecule has 0 saturated carbocycles. The Kier molecular flexibility index (Phi) is 6.86. The van der Waals surface area contributed by atoms with Crippen molar-refractivity contribution in [2.75, 3.05) is 25.2 Å². The number of rotatable bonds is 8. The van der Waals surface area contributed by atoms with Crippen LogP contribution in [0.5, 0.6) is 0 Å². The molecule has 0 radical (unpaired) electrons. The highest BCUT2D eigenvalue weighted by molar-refractivity contribution is 6.52. The number of anilines is 1. The van der Waals surface area contributed by atoms with Gasteiger partial charge in [0, 0.05) is 0 Å². The first kappa shape index (κ1) is 21.1. The van der Waals surface area contributed by atoms with Crippen LogP contribution in [0.2, 0.25) is 0 Å². The summed E-state index contributed by atoms with van der Waals surface area (Å²) in [7, 11) is 1.22. The molecule has 0 spiro atoms. The summed E-state index contributed by atoms with van der Waals surface area (Å²) in [5.74, 6) is -3.52. The Bertz CT molecular complexity index is 803. The van der Waals surface area contributed by atoms with E-state index >= 15 is 0 Å². The Hall–Kier alpha value is -3.23. The average molecular weight is 390 g/mol. The van der Waals surface area contributed by atoms with Gasteiger partial charge < -0.3 is 14.8 Å². The van der Waals surface area contributed by atoms with Crippen LogP contribution in [0, 0.1) is 5.92 Å². The largest absolute Gasteiger partial charge is 0.467 e. The van der Waals surface area contributed by atoms with Gasteiger partial charge in [0.05, 0.1) is 18.4 Å². The van der Waals surface area contributed by atoms with Crippen molar-refractivity contribution < 1.29 is 33.4 Å². The normalized spacial score (nSPS) is 13.9. The van der Waals surface area contributed by atoms with Crippen molar-refractivity contribution in [1.29, 1.82) is 0 Å². The minimum absolute atomic E-state index is 0.130. The van der Waals surface area contributed by atoms with Gasteiger partial charge in [0.25, 0.3) is 17.6 Å². The predicted octanol–water partition coefficient (Wildman–Crippen LogP) is 0.463. The number of ketones is 1. The molecule has 0 aromatic heterocycles. The van der Waals surface area contributed by atoms with Crippen molar-refractivity contribution in [3.8, 4) is 0 Å². The molecule has 1 N–H and O–H groups in total. The van der Waals surface area contributed by atoms with Gasteiger partial charge in [0.2, 0.25) is 0 Å². The molecule has 150 valence electrons. The summed E-state index contributed by atoms with van der Waals surface area (Å²) >= 11 is 0. The fourth-order valence-electron chi connectivity index (χ4n) is 2.79. The molecule has 1 heterocycles. The smallest absolute Gasteiger partial charge is 0.328 e. The van der Waals surface area contributed by atoms with Gasteiger partial charge in [-0.2, -0.15) is 0 Å². The molecule has 28 heavy (non-hydrogen) atoms. The van der Waals surface area contributed by atoms with E-state index in [0.29, 0.717) is 12.1 Å². The first-order chi connectivity index (χ1) is 13.2. The topological polar surface area (TPSA) is 119 Å². The maximum Gasteiger partial charge on any atom is 0.328 e. The fraction of sp³-hybridized carbons (Fsp3) is 0.421. The molecule has 0 fully saturated rings. The van der Waals surface area contributed by atoms with Crippen molar-refractivity contribution in [2.24, 2.45) is 5.92 Å². The van der Waals surface area contributed by atoms with E-state index in [-0.39, 0.29) is 11.5 Å². The van der Waals surface area contributed by atoms with Gasteiger partial charge in [-0.1, -0.05) is 26.0 Å². The Morgan fingerprint density at radius 1 is 1.14 bits per heavy atom. The molecule has 1 aromatic carbocycles. The Labute approximate surface area is 162 Å². The number of benzene rings is 1. The van der Waals surface area contributed by atoms with Gasteiger partial charge in [-0.15, -0.1) is 0 Å². The van der Waals surface area contributed by atoms with Crippen LogP contribution < -0.4 is 10.2 Å². The minimum atomic E-state index is -0.855. The van der Waals surface area contributed by atoms with Gasteiger partial charge in [0.15, 0.2) is 6.61 Å². The lowest BCUT2D eigenvalue weighted by molar-refractivity contribution is -0.149. The number of carbonyl (C=O) groups excluding carboxylic acids is 5. The zero-order chi connectivity index (χ0) is 20.8. The number of methoxy groups -OCH3 is 1. The quantitative estimate of drug-likeness (QED) is 0.506. The van der Waals surface area contributed by atoms with E-state index in [0.717, 1.165) is 4.90 Å². The first-order valence-corrected chi connectivity index (χ1v) is 8.72. The maximum absolute atomic E-state index is 12.0. The van der Waals surface area contributed by atoms with Crippen LogP contribution in [-0.4, -0.2) is 55.8 Å². The van der Waals surface area contributed by atoms with Gasteiger partial charge in [-0.3, -0.25) is 24.1 Å². The molecule has 1 aliphatic rings. The standard InChI is InChI=1S/C19H22N2O7/c1-11(2)8-13(19(26)27-3)20-15(22)10-28-16(23)9-21-14-7-5-4-6-12(14)17(24)18(21)25/h4-7,11,13H,8-10H2,1-3H3,(H,20,22)/t13-/m0/s1. The van der Waals surface area contributed by atoms with Crippen molar-refractivity contribution in [3.05, 3.63) is 29.8 Å². The molecular weight excluding hydrogens is 368 g/mol. The average Bonchev–Trinajstić information content (AvgIpc) is 2.90. The third-order valence-corrected chi connectivity index (χ3v) is 4.06. The van der Waals surface area contributed by atoms with Gasteiger partial charge >= 0.3 is 11.9 Å². The number of para-hydroxylation sites is 1. The molecule has 1 aromatic rings. The predicted molar refractivity (Wildman–Crippen MR) is 97.5 cm³/mol. The van der Waals surface area contributed by atoms with Crippen LogP contribution in [-0.2, 0) is 28.7 Å². The van der Waals surface area contributed by atoms with Gasteiger partial charge in [0.1, 0.15) is 12.6 Å². The molecule has 1 aliphatic heterocycles. The zero-order valence-electron chi connectivity index (χ0n) is 15.9. The summed E-state index contributed by atoms with van der Waals surface area (Å²) in [4.78, 5) is 60.7. The zero-order valence-corrected chi connectivity index (χ0v) is 15.9. The van der Waals surface area contributed by atoms with Crippen LogP contribution in [0.4, 0.5) is 5.69 Å². The van der Waals surface area contributed by atoms with E-state index in [1.54, 1.807) is 18.2 Å². The molecule has 1 atom stereocenters. The number of hydrogen-bond acceptors (Lipinski definition) is 7. The Balaban J connectivity index is 1.90. The highest BCUT2D eigenvalue weighted by Gasteiger charge is 2.36. The molecule has 0 bridgehead atoms. The lowest BCUT2D eigenvalue weighted by Gasteiger charge is -2.19. The highest BCUT2D eigenvalue weighted by Crippen LogP contribution is 2.28. The molecule has 0 saturated heterocycles. The maximum atomic E-state index is 12.0. The number of esters is 2. The Morgan fingerprint density at radius 2 is 1.82 bits per heavy atom. The monoisotopic (exact) mass is 390 g/mol. The summed E-state index contributed by atoms with van der Waals surface area (Å²) in [6.07, 6.45) is 0.369. The summed E-state index contributed by atoms with van der Waals surface area (Å²) < 4.78 is 9.52. The number of fused-ring (bicyclic) bond motifs is 1. The van der Waals surface area contributed by atoms with Crippen LogP contribution >= 0.6 is 0 Å². The number of nitrogens with one attached hydrogen (secondary N) is 1. The fourth-order valence-corrected chi connectivity index (χ4v) is 2.79. The molecule has 9 nitrogen and oxygen atoms in total. The van der Waals surface area contributed by atoms with Crippen LogP contribution in [0.15, 0.2) is 24.3 Å². The van der Waals surface area contributed by atoms with E-state index < -0.39 is 48.7 Å². The van der Waals surface area contributed by atoms with Gasteiger partial charge in [-0.05, 0) is 24.5 Å². The number of amides is 2. The number of Topliss-reactive ketones (excluding diaryl/α,β-unsaturated/α-hetero) is 1. The second-order valence-corrected chi connectivity index (χ2v) is 6.67. The third-order valence-electron chi connectivity index (χ3n) is 4.06. The van der Waals surface area contributed by atoms with Crippen molar-refractivity contribution in [2.45, 2.75) is 26.3 Å². The van der Waals surface area contributed by atoms with Crippen molar-refractivity contribution in [1.82, 2.24) is 5.32 Å². The molecular formula is C19H22N2O7. The van der Waals surface area contributed by atoms with Crippen molar-refractivity contribution in [3.63, 3.8) is 0 Å². The second kappa shape index (κ2) is 9.12. The van der Waals surface area contributed by atoms with Gasteiger partial charge in [-0.25, -0.2) is 4.79 Å². The first-order valence-electron chi connectivity index (χ1n) is 8.72. The lowest BCUT2D eigenvalue weighted by Crippen LogP contribution is -2.44. The number of nitrogens with zero attached hydrogens (tertiary/aromatic N) is 1. The second-order valence-electron chi connectivity index (χ2n) is 6.67. The number of carbonyl (C=O) groups is 5. The lowest BCUT2D eigenvalue weighted by atomic mass is 10.0. The van der Waals surface area contributed by atoms with Crippen LogP contribution in [0.3, 0.4) is 0 Å². The minimum Gasteiger partial charge on any atom is -0.467 e. The van der Waals surface area contributed by atoms with E-state index in [2.05, 4.69) is 10.1 Å². The number of hydrogen-bond donors (Lipinski definition) is 1. The molecule has 9 heteroatoms. The molecule has 0 unspecified atom stereocenters. The summed E-state index contributed by atoms with van der Waals surface area (Å²) in [6, 6.07) is 5.45. The summed E-state index contributed by atoms with van der Waals surface area (Å²) in [5, 5.41) is 2.45. The van der Waals surface area contributed by atoms with Crippen LogP contribution in [0.1, 0.15) is 30.6 Å². The summed E-state index contributed by atoms with van der Waals surface area (Å²) in [5.41, 5.74) is 0.536.